The Bertz CT molecular complexity index is 893. The Balaban J connectivity index is 1.65. The van der Waals surface area contributed by atoms with Crippen LogP contribution in [0.1, 0.15) is 17.3 Å². The maximum absolute atomic E-state index is 12.3. The number of hydrogen-bond acceptors (Lipinski definition) is 8. The molecular weight excluding hydrogens is 362 g/mol. The van der Waals surface area contributed by atoms with Gasteiger partial charge in [-0.25, -0.2) is 0 Å². The average molecular weight is 375 g/mol. The van der Waals surface area contributed by atoms with E-state index in [-0.39, 0.29) is 16.7 Å². The van der Waals surface area contributed by atoms with Crippen LogP contribution in [0.4, 0.5) is 5.00 Å². The van der Waals surface area contributed by atoms with Gasteiger partial charge in [0.2, 0.25) is 11.8 Å². The van der Waals surface area contributed by atoms with E-state index >= 15 is 0 Å². The number of amides is 2. The monoisotopic (exact) mass is 375 g/mol. The van der Waals surface area contributed by atoms with Crippen LogP contribution in [0.25, 0.3) is 11.5 Å². The number of nitrogens with one attached hydrogen (secondary N) is 1. The number of thiophene rings is 1. The standard InChI is InChI=1S/C15H13N5O3S2/c1-8(12(22)18-14-10(11(16)21)4-6-24-14)25-15-20-19-13(23-15)9-3-2-5-17-7-9/h2-8H,1H3,(H2,16,21)(H,18,22)/t8-/m1/s1. The van der Waals surface area contributed by atoms with Crippen molar-refractivity contribution in [3.05, 3.63) is 41.5 Å². The summed E-state index contributed by atoms with van der Waals surface area (Å²) < 4.78 is 5.54. The van der Waals surface area contributed by atoms with Crippen LogP contribution < -0.4 is 11.1 Å². The van der Waals surface area contributed by atoms with Gasteiger partial charge in [0.05, 0.1) is 16.4 Å². The minimum Gasteiger partial charge on any atom is -0.411 e. The van der Waals surface area contributed by atoms with E-state index in [1.54, 1.807) is 42.9 Å². The van der Waals surface area contributed by atoms with Crippen LogP contribution in [0.3, 0.4) is 0 Å². The second-order valence-electron chi connectivity index (χ2n) is 4.89. The first-order chi connectivity index (χ1) is 12.0. The van der Waals surface area contributed by atoms with E-state index in [9.17, 15) is 9.59 Å². The lowest BCUT2D eigenvalue weighted by Gasteiger charge is -2.09. The van der Waals surface area contributed by atoms with Crippen molar-refractivity contribution in [1.29, 1.82) is 0 Å². The zero-order chi connectivity index (χ0) is 17.8. The van der Waals surface area contributed by atoms with Crippen LogP contribution in [0.15, 0.2) is 45.6 Å². The molecule has 0 spiro atoms. The predicted molar refractivity (Wildman–Crippen MR) is 94.3 cm³/mol. The van der Waals surface area contributed by atoms with Crippen LogP contribution >= 0.6 is 23.1 Å². The highest BCUT2D eigenvalue weighted by molar-refractivity contribution is 8.00. The minimum atomic E-state index is -0.588. The topological polar surface area (TPSA) is 124 Å². The summed E-state index contributed by atoms with van der Waals surface area (Å²) in [6.45, 7) is 1.70. The van der Waals surface area contributed by atoms with Crippen LogP contribution in [0.2, 0.25) is 0 Å². The molecule has 0 aliphatic carbocycles. The first-order valence-electron chi connectivity index (χ1n) is 7.13. The van der Waals surface area contributed by atoms with Crippen molar-refractivity contribution < 1.29 is 14.0 Å². The van der Waals surface area contributed by atoms with Crippen LogP contribution in [-0.4, -0.2) is 32.2 Å². The quantitative estimate of drug-likeness (QED) is 0.634. The summed E-state index contributed by atoms with van der Waals surface area (Å²) in [7, 11) is 0. The summed E-state index contributed by atoms with van der Waals surface area (Å²) in [5.41, 5.74) is 6.25. The number of hydrogen-bond donors (Lipinski definition) is 2. The maximum Gasteiger partial charge on any atom is 0.277 e. The summed E-state index contributed by atoms with van der Waals surface area (Å²) in [4.78, 5) is 27.6. The Hall–Kier alpha value is -2.72. The fourth-order valence-corrected chi connectivity index (χ4v) is 3.36. The second kappa shape index (κ2) is 7.45. The average Bonchev–Trinajstić information content (AvgIpc) is 3.25. The van der Waals surface area contributed by atoms with Crippen LogP contribution in [0.5, 0.6) is 0 Å². The fraction of sp³-hybridized carbons (Fsp3) is 0.133. The molecule has 128 valence electrons. The summed E-state index contributed by atoms with van der Waals surface area (Å²) in [6.07, 6.45) is 3.26. The Morgan fingerprint density at radius 1 is 1.36 bits per heavy atom. The van der Waals surface area contributed by atoms with Gasteiger partial charge in [-0.05, 0) is 30.5 Å². The van der Waals surface area contributed by atoms with Crippen molar-refractivity contribution in [3.63, 3.8) is 0 Å². The first kappa shape index (κ1) is 17.1. The van der Waals surface area contributed by atoms with Gasteiger partial charge in [0, 0.05) is 12.4 Å². The van der Waals surface area contributed by atoms with E-state index in [1.807, 2.05) is 0 Å². The molecule has 0 radical (unpaired) electrons. The van der Waals surface area contributed by atoms with Gasteiger partial charge >= 0.3 is 0 Å². The van der Waals surface area contributed by atoms with Crippen LogP contribution in [-0.2, 0) is 4.79 Å². The minimum absolute atomic E-state index is 0.266. The number of pyridine rings is 1. The van der Waals surface area contributed by atoms with E-state index in [4.69, 9.17) is 10.2 Å². The lowest BCUT2D eigenvalue weighted by atomic mass is 10.3. The van der Waals surface area contributed by atoms with Gasteiger partial charge in [-0.15, -0.1) is 21.5 Å². The molecule has 3 aromatic heterocycles. The lowest BCUT2D eigenvalue weighted by Crippen LogP contribution is -2.23. The molecule has 0 saturated heterocycles. The predicted octanol–water partition coefficient (Wildman–Crippen LogP) is 2.41. The molecule has 1 atom stereocenters. The van der Waals surface area contributed by atoms with E-state index in [0.29, 0.717) is 16.5 Å². The molecule has 3 rings (SSSR count). The summed E-state index contributed by atoms with van der Waals surface area (Å²) in [5.74, 6) is -0.552. The molecule has 3 heterocycles. The number of carbonyl (C=O) groups excluding carboxylic acids is 2. The van der Waals surface area contributed by atoms with Gasteiger partial charge in [-0.3, -0.25) is 14.6 Å². The van der Waals surface area contributed by atoms with Gasteiger partial charge in [-0.1, -0.05) is 11.8 Å². The van der Waals surface area contributed by atoms with Gasteiger partial charge in [-0.2, -0.15) is 0 Å². The van der Waals surface area contributed by atoms with E-state index in [0.717, 1.165) is 11.8 Å². The van der Waals surface area contributed by atoms with E-state index in [1.165, 1.54) is 11.3 Å². The zero-order valence-corrected chi connectivity index (χ0v) is 14.6. The molecule has 0 aromatic carbocycles. The van der Waals surface area contributed by atoms with Gasteiger partial charge in [0.25, 0.3) is 11.1 Å². The molecular formula is C15H13N5O3S2. The molecule has 3 N–H and O–H groups in total. The molecule has 25 heavy (non-hydrogen) atoms. The molecule has 3 aromatic rings. The molecule has 0 saturated carbocycles. The van der Waals surface area contributed by atoms with E-state index < -0.39 is 11.2 Å². The SMILES string of the molecule is C[C@@H](Sc1nnc(-c2cccnc2)o1)C(=O)Nc1sccc1C(N)=O. The second-order valence-corrected chi connectivity index (χ2v) is 7.10. The van der Waals surface area contributed by atoms with Gasteiger partial charge in [0.1, 0.15) is 5.00 Å². The normalized spacial score (nSPS) is 11.9. The Morgan fingerprint density at radius 2 is 2.20 bits per heavy atom. The van der Waals surface area contributed by atoms with Gasteiger partial charge in [0.15, 0.2) is 0 Å². The summed E-state index contributed by atoms with van der Waals surface area (Å²) >= 11 is 2.35. The third-order valence-electron chi connectivity index (χ3n) is 3.13. The number of thioether (sulfide) groups is 1. The number of rotatable bonds is 6. The number of carbonyl (C=O) groups is 2. The molecule has 0 fully saturated rings. The number of nitrogens with two attached hydrogens (primary N) is 1. The summed E-state index contributed by atoms with van der Waals surface area (Å²) in [6, 6.07) is 5.13. The molecule has 0 unspecified atom stereocenters. The van der Waals surface area contributed by atoms with Crippen LogP contribution in [0, 0.1) is 0 Å². The third-order valence-corrected chi connectivity index (χ3v) is 4.89. The Kier molecular flexibility index (Phi) is 5.10. The molecule has 0 aliphatic heterocycles. The Labute approximate surface area is 150 Å². The smallest absolute Gasteiger partial charge is 0.277 e. The molecule has 8 nitrogen and oxygen atoms in total. The fourth-order valence-electron chi connectivity index (χ4n) is 1.88. The Morgan fingerprint density at radius 3 is 2.92 bits per heavy atom. The lowest BCUT2D eigenvalue weighted by molar-refractivity contribution is -0.115. The van der Waals surface area contributed by atoms with Crippen molar-refractivity contribution in [2.75, 3.05) is 5.32 Å². The van der Waals surface area contributed by atoms with Gasteiger partial charge < -0.3 is 15.5 Å². The van der Waals surface area contributed by atoms with Crippen molar-refractivity contribution in [1.82, 2.24) is 15.2 Å². The number of primary amides is 1. The third kappa shape index (κ3) is 4.03. The number of aromatic nitrogens is 3. The molecule has 10 heteroatoms. The first-order valence-corrected chi connectivity index (χ1v) is 8.89. The molecule has 0 aliphatic rings. The number of nitrogens with zero attached hydrogens (tertiary/aromatic N) is 3. The highest BCUT2D eigenvalue weighted by Gasteiger charge is 2.21. The van der Waals surface area contributed by atoms with Crippen molar-refractivity contribution in [2.24, 2.45) is 5.73 Å². The van der Waals surface area contributed by atoms with Crippen molar-refractivity contribution in [2.45, 2.75) is 17.4 Å². The molecule has 2 amide bonds. The highest BCUT2D eigenvalue weighted by atomic mass is 32.2. The highest BCUT2D eigenvalue weighted by Crippen LogP contribution is 2.28. The zero-order valence-electron chi connectivity index (χ0n) is 13.0. The van der Waals surface area contributed by atoms with E-state index in [2.05, 4.69) is 20.5 Å². The van der Waals surface area contributed by atoms with Crippen molar-refractivity contribution in [3.8, 4) is 11.5 Å². The summed E-state index contributed by atoms with van der Waals surface area (Å²) in [5, 5.41) is 12.4. The van der Waals surface area contributed by atoms with Crippen molar-refractivity contribution >= 4 is 39.9 Å². The largest absolute Gasteiger partial charge is 0.411 e. The molecule has 0 bridgehead atoms. The maximum atomic E-state index is 12.3. The number of anilines is 1.